The van der Waals surface area contributed by atoms with Crippen LogP contribution in [0.1, 0.15) is 70.2 Å². The molecule has 0 saturated carbocycles. The van der Waals surface area contributed by atoms with E-state index in [-0.39, 0.29) is 0 Å². The number of hydrogen-bond donors (Lipinski definition) is 0. The van der Waals surface area contributed by atoms with Gasteiger partial charge in [-0.05, 0) is 108 Å². The number of hydrogen-bond acceptors (Lipinski definition) is 2. The van der Waals surface area contributed by atoms with Crippen LogP contribution in [0.15, 0.2) is 146 Å². The SMILES string of the molecule is C#Cc1ccc2c(c1)C(CCCCC1=CC3(Oc4ccc(C#C)cc41)c1ccccc1-c1ccccc13)=CC1(O2)c2ccccc2-c2ccccc21. The number of unbranched alkanes of at least 4 members (excludes halogenated alkanes) is 1. The molecular weight excluding hydrogens is 633 g/mol. The van der Waals surface area contributed by atoms with Gasteiger partial charge in [-0.25, -0.2) is 0 Å². The monoisotopic (exact) mass is 666 g/mol. The molecule has 246 valence electrons. The van der Waals surface area contributed by atoms with E-state index in [1.54, 1.807) is 0 Å². The van der Waals surface area contributed by atoms with E-state index in [4.69, 9.17) is 22.3 Å². The van der Waals surface area contributed by atoms with Crippen LogP contribution < -0.4 is 9.47 Å². The molecule has 2 heterocycles. The Morgan fingerprint density at radius 3 is 1.12 bits per heavy atom. The van der Waals surface area contributed by atoms with E-state index in [0.717, 1.165) is 59.4 Å². The highest BCUT2D eigenvalue weighted by Crippen LogP contribution is 2.56. The van der Waals surface area contributed by atoms with Crippen molar-refractivity contribution in [3.63, 3.8) is 0 Å². The maximum atomic E-state index is 7.05. The van der Waals surface area contributed by atoms with Crippen LogP contribution >= 0.6 is 0 Å². The smallest absolute Gasteiger partial charge is 0.179 e. The van der Waals surface area contributed by atoms with Crippen molar-refractivity contribution in [3.05, 3.63) is 190 Å². The molecule has 0 bridgehead atoms. The largest absolute Gasteiger partial charge is 0.473 e. The van der Waals surface area contributed by atoms with Gasteiger partial charge >= 0.3 is 0 Å². The lowest BCUT2D eigenvalue weighted by atomic mass is 9.82. The van der Waals surface area contributed by atoms with Crippen LogP contribution in [0.4, 0.5) is 0 Å². The lowest BCUT2D eigenvalue weighted by Crippen LogP contribution is -2.33. The Bertz CT molecular complexity index is 2350. The molecule has 2 aliphatic heterocycles. The maximum absolute atomic E-state index is 7.05. The Balaban J connectivity index is 1.02. The molecule has 0 aromatic heterocycles. The second-order valence-corrected chi connectivity index (χ2v) is 14.1. The van der Waals surface area contributed by atoms with E-state index >= 15 is 0 Å². The highest BCUT2D eigenvalue weighted by Gasteiger charge is 2.48. The summed E-state index contributed by atoms with van der Waals surface area (Å²) in [6.45, 7) is 0. The van der Waals surface area contributed by atoms with Gasteiger partial charge in [-0.3, -0.25) is 0 Å². The van der Waals surface area contributed by atoms with Gasteiger partial charge in [-0.2, -0.15) is 0 Å². The topological polar surface area (TPSA) is 18.5 Å². The fraction of sp³-hybridized carbons (Fsp3) is 0.120. The van der Waals surface area contributed by atoms with Crippen LogP contribution in [0.25, 0.3) is 33.4 Å². The second-order valence-electron chi connectivity index (χ2n) is 14.1. The summed E-state index contributed by atoms with van der Waals surface area (Å²) in [5.74, 6) is 7.42. The number of benzene rings is 6. The van der Waals surface area contributed by atoms with Crippen molar-refractivity contribution in [1.29, 1.82) is 0 Å². The highest BCUT2D eigenvalue weighted by molar-refractivity contribution is 5.87. The molecule has 0 amide bonds. The summed E-state index contributed by atoms with van der Waals surface area (Å²) in [5, 5.41) is 0. The number of rotatable bonds is 5. The molecule has 0 unspecified atom stereocenters. The minimum atomic E-state index is -0.698. The Kier molecular flexibility index (Phi) is 6.73. The van der Waals surface area contributed by atoms with Gasteiger partial charge < -0.3 is 9.47 Å². The van der Waals surface area contributed by atoms with Crippen LogP contribution in [-0.4, -0.2) is 0 Å². The molecule has 4 aliphatic rings. The van der Waals surface area contributed by atoms with Gasteiger partial charge in [-0.15, -0.1) is 12.8 Å². The van der Waals surface area contributed by atoms with Crippen molar-refractivity contribution < 1.29 is 9.47 Å². The Morgan fingerprint density at radius 1 is 0.423 bits per heavy atom. The van der Waals surface area contributed by atoms with Crippen LogP contribution in [0.2, 0.25) is 0 Å². The fourth-order valence-electron chi connectivity index (χ4n) is 9.00. The van der Waals surface area contributed by atoms with E-state index in [9.17, 15) is 0 Å². The second kappa shape index (κ2) is 11.5. The first kappa shape index (κ1) is 30.4. The summed E-state index contributed by atoms with van der Waals surface area (Å²) in [5.41, 5.74) is 14.6. The fourth-order valence-corrected chi connectivity index (χ4v) is 9.00. The molecule has 2 nitrogen and oxygen atoms in total. The molecule has 0 fully saturated rings. The van der Waals surface area contributed by atoms with Crippen molar-refractivity contribution in [2.45, 2.75) is 36.9 Å². The first-order chi connectivity index (χ1) is 25.6. The van der Waals surface area contributed by atoms with E-state index in [2.05, 4.69) is 133 Å². The predicted molar refractivity (Wildman–Crippen MR) is 210 cm³/mol. The van der Waals surface area contributed by atoms with Crippen molar-refractivity contribution >= 4 is 11.1 Å². The Morgan fingerprint density at radius 2 is 0.769 bits per heavy atom. The zero-order chi connectivity index (χ0) is 34.9. The van der Waals surface area contributed by atoms with Gasteiger partial charge in [-0.1, -0.05) is 109 Å². The molecule has 0 saturated heterocycles. The average molecular weight is 667 g/mol. The minimum absolute atomic E-state index is 0.698. The normalized spacial score (nSPS) is 15.7. The van der Waals surface area contributed by atoms with E-state index in [0.29, 0.717) is 0 Å². The third-order valence-electron chi connectivity index (χ3n) is 11.3. The standard InChI is InChI=1S/C50H34O2/c1-3-33-25-27-47-41(29-33)35(31-49(51-47)43-21-11-7-17-37(43)38-18-8-12-22-44(38)49)15-5-6-16-36-32-50(52-48-28-26-34(4-2)30-42(36)48)45-23-13-9-19-39(45)40-20-10-14-24-46(40)50/h1-2,7-14,17-32H,5-6,15-16H2. The van der Waals surface area contributed by atoms with E-state index in [1.165, 1.54) is 55.7 Å². The molecule has 0 atom stereocenters. The van der Waals surface area contributed by atoms with Crippen molar-refractivity contribution in [3.8, 4) is 58.4 Å². The number of ether oxygens (including phenoxy) is 2. The molecule has 6 aromatic rings. The number of allylic oxidation sites excluding steroid dienone is 2. The maximum Gasteiger partial charge on any atom is 0.179 e. The van der Waals surface area contributed by atoms with Gasteiger partial charge in [0.15, 0.2) is 11.2 Å². The molecule has 0 N–H and O–H groups in total. The zero-order valence-corrected chi connectivity index (χ0v) is 28.7. The van der Waals surface area contributed by atoms with Gasteiger partial charge in [0.25, 0.3) is 0 Å². The summed E-state index contributed by atoms with van der Waals surface area (Å²) >= 11 is 0. The summed E-state index contributed by atoms with van der Waals surface area (Å²) in [6.07, 6.45) is 20.3. The summed E-state index contributed by atoms with van der Waals surface area (Å²) in [4.78, 5) is 0. The van der Waals surface area contributed by atoms with Gasteiger partial charge in [0.05, 0.1) is 0 Å². The van der Waals surface area contributed by atoms with Crippen molar-refractivity contribution in [2.75, 3.05) is 0 Å². The lowest BCUT2D eigenvalue weighted by Gasteiger charge is -2.36. The third kappa shape index (κ3) is 4.35. The van der Waals surface area contributed by atoms with Crippen molar-refractivity contribution in [1.82, 2.24) is 0 Å². The van der Waals surface area contributed by atoms with Gasteiger partial charge in [0.2, 0.25) is 0 Å². The van der Waals surface area contributed by atoms with Crippen LogP contribution in [-0.2, 0) is 11.2 Å². The van der Waals surface area contributed by atoms with E-state index in [1.807, 2.05) is 24.3 Å². The molecule has 6 aromatic carbocycles. The van der Waals surface area contributed by atoms with Gasteiger partial charge in [0, 0.05) is 44.5 Å². The van der Waals surface area contributed by atoms with Crippen LogP contribution in [0.5, 0.6) is 11.5 Å². The Labute approximate surface area is 305 Å². The highest BCUT2D eigenvalue weighted by atomic mass is 16.5. The first-order valence-electron chi connectivity index (χ1n) is 18.0. The summed E-state index contributed by atoms with van der Waals surface area (Å²) in [6, 6.07) is 46.8. The Hall–Kier alpha value is -6.48. The molecule has 52 heavy (non-hydrogen) atoms. The van der Waals surface area contributed by atoms with Crippen molar-refractivity contribution in [2.24, 2.45) is 0 Å². The number of terminal acetylenes is 2. The minimum Gasteiger partial charge on any atom is -0.473 e. The first-order valence-corrected chi connectivity index (χ1v) is 18.0. The summed E-state index contributed by atoms with van der Waals surface area (Å²) in [7, 11) is 0. The molecule has 0 radical (unpaired) electrons. The molecule has 2 heteroatoms. The third-order valence-corrected chi connectivity index (χ3v) is 11.3. The number of fused-ring (bicyclic) bond motifs is 12. The predicted octanol–water partition coefficient (Wildman–Crippen LogP) is 11.3. The lowest BCUT2D eigenvalue weighted by molar-refractivity contribution is 0.164. The van der Waals surface area contributed by atoms with Gasteiger partial charge in [0.1, 0.15) is 11.5 Å². The van der Waals surface area contributed by atoms with E-state index < -0.39 is 11.2 Å². The molecule has 2 aliphatic carbocycles. The van der Waals surface area contributed by atoms with Crippen LogP contribution in [0, 0.1) is 24.7 Å². The molecular formula is C50H34O2. The summed E-state index contributed by atoms with van der Waals surface area (Å²) < 4.78 is 14.1. The quantitative estimate of drug-likeness (QED) is 0.135. The van der Waals surface area contributed by atoms with Crippen LogP contribution in [0.3, 0.4) is 0 Å². The average Bonchev–Trinajstić information content (AvgIpc) is 3.62. The zero-order valence-electron chi connectivity index (χ0n) is 28.7. The molecule has 2 spiro atoms. The molecule has 10 rings (SSSR count).